The first-order valence-electron chi connectivity index (χ1n) is 11.5. The molecule has 0 aromatic heterocycles. The molecule has 2 aliphatic rings. The Morgan fingerprint density at radius 1 is 1.19 bits per heavy atom. The van der Waals surface area contributed by atoms with Crippen LogP contribution in [0.5, 0.6) is 0 Å². The third kappa shape index (κ3) is 7.86. The summed E-state index contributed by atoms with van der Waals surface area (Å²) in [6.45, 7) is 15.5. The highest BCUT2D eigenvalue weighted by Crippen LogP contribution is 2.28. The summed E-state index contributed by atoms with van der Waals surface area (Å²) in [6.07, 6.45) is 3.16. The highest BCUT2D eigenvalue weighted by Gasteiger charge is 2.38. The van der Waals surface area contributed by atoms with Gasteiger partial charge in [-0.15, -0.1) is 0 Å². The molecule has 0 amide bonds. The summed E-state index contributed by atoms with van der Waals surface area (Å²) in [6, 6.07) is 8.42. The van der Waals surface area contributed by atoms with Crippen LogP contribution in [-0.2, 0) is 11.3 Å². The van der Waals surface area contributed by atoms with Crippen LogP contribution in [-0.4, -0.2) is 71.4 Å². The lowest BCUT2D eigenvalue weighted by Gasteiger charge is -2.47. The number of benzene rings is 1. The third-order valence-corrected chi connectivity index (χ3v) is 6.87. The van der Waals surface area contributed by atoms with E-state index in [0.717, 1.165) is 80.9 Å². The van der Waals surface area contributed by atoms with Gasteiger partial charge in [0.2, 0.25) is 0 Å². The zero-order chi connectivity index (χ0) is 22.5. The Bertz CT molecular complexity index is 720. The van der Waals surface area contributed by atoms with Gasteiger partial charge in [-0.1, -0.05) is 29.8 Å². The molecule has 2 N–H and O–H groups in total. The monoisotopic (exact) mass is 466 g/mol. The number of halogens is 1. The molecule has 174 valence electrons. The summed E-state index contributed by atoms with van der Waals surface area (Å²) < 4.78 is 5.47. The summed E-state index contributed by atoms with van der Waals surface area (Å²) in [5, 5.41) is 9.08. The molecule has 1 aromatic carbocycles. The van der Waals surface area contributed by atoms with Crippen molar-refractivity contribution in [2.75, 3.05) is 39.4 Å². The number of ether oxygens (including phenoxy) is 1. The second kappa shape index (κ2) is 10.8. The maximum Gasteiger partial charge on any atom is 0.169 e. The molecule has 2 heterocycles. The van der Waals surface area contributed by atoms with Gasteiger partial charge in [0.05, 0.1) is 13.2 Å². The Hall–Kier alpha value is -0.920. The lowest BCUT2D eigenvalue weighted by Crippen LogP contribution is -2.62. The number of morpholine rings is 1. The number of hydrogen-bond donors (Lipinski definition) is 2. The molecule has 3 rings (SSSR count). The van der Waals surface area contributed by atoms with Crippen LogP contribution in [0.25, 0.3) is 0 Å². The number of thiocarbonyl (C=S) groups is 1. The van der Waals surface area contributed by atoms with E-state index in [0.29, 0.717) is 6.04 Å². The Kier molecular flexibility index (Phi) is 8.61. The fraction of sp³-hybridized carbons (Fsp3) is 0.708. The Balaban J connectivity index is 1.64. The number of hydrogen-bond acceptors (Lipinski definition) is 4. The molecule has 7 heteroatoms. The quantitative estimate of drug-likeness (QED) is 0.591. The molecule has 0 unspecified atom stereocenters. The molecule has 1 aromatic rings. The Labute approximate surface area is 198 Å². The fourth-order valence-corrected chi connectivity index (χ4v) is 5.60. The Morgan fingerprint density at radius 2 is 1.84 bits per heavy atom. The molecule has 0 radical (unpaired) electrons. The molecule has 0 atom stereocenters. The molecule has 31 heavy (non-hydrogen) atoms. The van der Waals surface area contributed by atoms with Crippen molar-refractivity contribution in [1.29, 1.82) is 0 Å². The van der Waals surface area contributed by atoms with E-state index in [9.17, 15) is 0 Å². The van der Waals surface area contributed by atoms with Gasteiger partial charge in [-0.05, 0) is 70.8 Å². The summed E-state index contributed by atoms with van der Waals surface area (Å²) in [5.74, 6) is 0. The van der Waals surface area contributed by atoms with Crippen molar-refractivity contribution in [3.8, 4) is 0 Å². The normalized spacial score (nSPS) is 21.6. The van der Waals surface area contributed by atoms with E-state index in [-0.39, 0.29) is 11.1 Å². The van der Waals surface area contributed by atoms with Crippen LogP contribution in [0.2, 0.25) is 5.02 Å². The van der Waals surface area contributed by atoms with Crippen LogP contribution in [0.15, 0.2) is 24.3 Å². The molecule has 2 fully saturated rings. The summed E-state index contributed by atoms with van der Waals surface area (Å²) >= 11 is 12.4. The van der Waals surface area contributed by atoms with E-state index in [1.165, 1.54) is 0 Å². The highest BCUT2D eigenvalue weighted by molar-refractivity contribution is 7.80. The van der Waals surface area contributed by atoms with Crippen molar-refractivity contribution >= 4 is 28.9 Å². The first-order chi connectivity index (χ1) is 14.6. The van der Waals surface area contributed by atoms with E-state index < -0.39 is 0 Å². The van der Waals surface area contributed by atoms with Gasteiger partial charge in [0, 0.05) is 54.9 Å². The molecule has 0 bridgehead atoms. The van der Waals surface area contributed by atoms with E-state index >= 15 is 0 Å². The van der Waals surface area contributed by atoms with E-state index in [1.54, 1.807) is 0 Å². The standard InChI is InChI=1S/C24H39ClN4OS/c1-23(2)16-20(17-24(3,4)27-23)26-22(31)29(18-19-8-5-6-9-21(19)25)11-7-10-28-12-14-30-15-13-28/h5-6,8-9,20,27H,7,10-18H2,1-4H3,(H,26,31). The van der Waals surface area contributed by atoms with Crippen molar-refractivity contribution in [2.24, 2.45) is 0 Å². The molecule has 0 spiro atoms. The SMILES string of the molecule is CC1(C)CC(NC(=S)N(CCCN2CCOCC2)Cc2ccccc2Cl)CC(C)(C)N1. The second-order valence-corrected chi connectivity index (χ2v) is 11.1. The maximum absolute atomic E-state index is 6.47. The smallest absolute Gasteiger partial charge is 0.169 e. The van der Waals surface area contributed by atoms with E-state index in [4.69, 9.17) is 28.6 Å². The minimum atomic E-state index is 0.0823. The molecular formula is C24H39ClN4OS. The van der Waals surface area contributed by atoms with Crippen molar-refractivity contribution in [1.82, 2.24) is 20.4 Å². The zero-order valence-corrected chi connectivity index (χ0v) is 21.1. The molecule has 0 aliphatic carbocycles. The third-order valence-electron chi connectivity index (χ3n) is 6.13. The predicted octanol–water partition coefficient (Wildman–Crippen LogP) is 4.05. The highest BCUT2D eigenvalue weighted by atomic mass is 35.5. The fourth-order valence-electron chi connectivity index (χ4n) is 5.08. The average molecular weight is 467 g/mol. The number of nitrogens with zero attached hydrogens (tertiary/aromatic N) is 2. The number of piperidine rings is 1. The first-order valence-corrected chi connectivity index (χ1v) is 12.3. The number of rotatable bonds is 7. The lowest BCUT2D eigenvalue weighted by atomic mass is 9.80. The molecule has 2 saturated heterocycles. The average Bonchev–Trinajstić information content (AvgIpc) is 2.67. The van der Waals surface area contributed by atoms with Crippen LogP contribution in [0.1, 0.15) is 52.5 Å². The first kappa shape index (κ1) is 24.7. The molecule has 5 nitrogen and oxygen atoms in total. The molecule has 2 aliphatic heterocycles. The van der Waals surface area contributed by atoms with E-state index in [1.807, 2.05) is 18.2 Å². The van der Waals surface area contributed by atoms with Gasteiger partial charge in [-0.25, -0.2) is 0 Å². The minimum absolute atomic E-state index is 0.0823. The van der Waals surface area contributed by atoms with Crippen LogP contribution < -0.4 is 10.6 Å². The molecular weight excluding hydrogens is 428 g/mol. The maximum atomic E-state index is 6.47. The Morgan fingerprint density at radius 3 is 2.48 bits per heavy atom. The zero-order valence-electron chi connectivity index (χ0n) is 19.5. The van der Waals surface area contributed by atoms with Crippen LogP contribution in [0.3, 0.4) is 0 Å². The predicted molar refractivity (Wildman–Crippen MR) is 134 cm³/mol. The number of nitrogens with one attached hydrogen (secondary N) is 2. The minimum Gasteiger partial charge on any atom is -0.379 e. The van der Waals surface area contributed by atoms with Gasteiger partial charge in [0.1, 0.15) is 0 Å². The van der Waals surface area contributed by atoms with Crippen LogP contribution in [0.4, 0.5) is 0 Å². The van der Waals surface area contributed by atoms with Gasteiger partial charge in [0.25, 0.3) is 0 Å². The lowest BCUT2D eigenvalue weighted by molar-refractivity contribution is 0.0367. The van der Waals surface area contributed by atoms with Crippen LogP contribution >= 0.6 is 23.8 Å². The van der Waals surface area contributed by atoms with Gasteiger partial charge >= 0.3 is 0 Å². The van der Waals surface area contributed by atoms with Gasteiger partial charge in [-0.3, -0.25) is 4.90 Å². The summed E-state index contributed by atoms with van der Waals surface area (Å²) in [5.41, 5.74) is 1.28. The second-order valence-electron chi connectivity index (χ2n) is 10.3. The van der Waals surface area contributed by atoms with Gasteiger partial charge in [-0.2, -0.15) is 0 Å². The molecule has 0 saturated carbocycles. The summed E-state index contributed by atoms with van der Waals surface area (Å²) in [7, 11) is 0. The van der Waals surface area contributed by atoms with Crippen molar-refractivity contribution in [3.05, 3.63) is 34.9 Å². The van der Waals surface area contributed by atoms with Crippen molar-refractivity contribution < 1.29 is 4.74 Å². The summed E-state index contributed by atoms with van der Waals surface area (Å²) in [4.78, 5) is 4.77. The van der Waals surface area contributed by atoms with Gasteiger partial charge in [0.15, 0.2) is 5.11 Å². The van der Waals surface area contributed by atoms with Crippen LogP contribution in [0, 0.1) is 0 Å². The van der Waals surface area contributed by atoms with Crippen molar-refractivity contribution in [3.63, 3.8) is 0 Å². The van der Waals surface area contributed by atoms with Gasteiger partial charge < -0.3 is 20.3 Å². The van der Waals surface area contributed by atoms with E-state index in [2.05, 4.69) is 54.2 Å². The largest absolute Gasteiger partial charge is 0.379 e. The topological polar surface area (TPSA) is 39.8 Å². The van der Waals surface area contributed by atoms with Crippen molar-refractivity contribution in [2.45, 2.75) is 70.6 Å².